The van der Waals surface area contributed by atoms with Crippen LogP contribution in [0.5, 0.6) is 0 Å². The molecular formula is C19H29NO2SeSi. The fourth-order valence-corrected chi connectivity index (χ4v) is 8.14. The van der Waals surface area contributed by atoms with Crippen LogP contribution < -0.4 is 0 Å². The second-order valence-corrected chi connectivity index (χ2v) is 15.3. The van der Waals surface area contributed by atoms with E-state index in [0.717, 1.165) is 5.56 Å². The van der Waals surface area contributed by atoms with Crippen molar-refractivity contribution in [2.45, 2.75) is 74.8 Å². The van der Waals surface area contributed by atoms with Gasteiger partial charge in [0.25, 0.3) is 0 Å². The van der Waals surface area contributed by atoms with Crippen molar-refractivity contribution in [2.75, 3.05) is 0 Å². The van der Waals surface area contributed by atoms with Gasteiger partial charge in [-0.25, -0.2) is 0 Å². The van der Waals surface area contributed by atoms with Gasteiger partial charge in [-0.15, -0.1) is 0 Å². The van der Waals surface area contributed by atoms with Crippen molar-refractivity contribution in [3.8, 4) is 6.07 Å². The number of benzene rings is 1. The normalized spacial score (nSPS) is 26.5. The topological polar surface area (TPSA) is 42.2 Å². The molecule has 0 spiro atoms. The fourth-order valence-electron chi connectivity index (χ4n) is 2.83. The molecule has 0 aliphatic carbocycles. The van der Waals surface area contributed by atoms with E-state index in [1.54, 1.807) is 0 Å². The van der Waals surface area contributed by atoms with Crippen molar-refractivity contribution in [3.05, 3.63) is 35.4 Å². The van der Waals surface area contributed by atoms with Gasteiger partial charge in [0.1, 0.15) is 0 Å². The molecule has 1 saturated heterocycles. The first kappa shape index (κ1) is 19.7. The Hall–Kier alpha value is -0.634. The Labute approximate surface area is 154 Å². The minimum atomic E-state index is -1.93. The average molecular weight is 410 g/mol. The molecular weight excluding hydrogens is 381 g/mol. The van der Waals surface area contributed by atoms with E-state index < -0.39 is 8.32 Å². The van der Waals surface area contributed by atoms with Crippen LogP contribution in [0.2, 0.25) is 24.0 Å². The van der Waals surface area contributed by atoms with Gasteiger partial charge in [-0.1, -0.05) is 0 Å². The SMILES string of the molecule is C[Se][C@]1(O[Si](C)(C)C(C)(C)C)[C@@H](c2ccc(C#N)cc2)OC1(C)C. The van der Waals surface area contributed by atoms with Crippen LogP contribution in [0, 0.1) is 11.3 Å². The number of ether oxygens (including phenoxy) is 1. The quantitative estimate of drug-likeness (QED) is 0.665. The van der Waals surface area contributed by atoms with Crippen LogP contribution in [0.3, 0.4) is 0 Å². The predicted molar refractivity (Wildman–Crippen MR) is 102 cm³/mol. The van der Waals surface area contributed by atoms with Gasteiger partial charge >= 0.3 is 154 Å². The van der Waals surface area contributed by atoms with Crippen LogP contribution in [-0.2, 0) is 9.16 Å². The van der Waals surface area contributed by atoms with Gasteiger partial charge in [0, 0.05) is 0 Å². The van der Waals surface area contributed by atoms with Crippen LogP contribution in [0.25, 0.3) is 0 Å². The number of nitrogens with zero attached hydrogens (tertiary/aromatic N) is 1. The standard InChI is InChI=1S/C19H29NO2SeSi/c1-17(2,3)24(7,8)22-19(23-6)16(21-18(19,4)5)15-11-9-14(13-20)10-12-15/h9-12,16H,1-8H3/t16-,19-/m1/s1. The number of hydrogen-bond acceptors (Lipinski definition) is 3. The van der Waals surface area contributed by atoms with E-state index in [4.69, 9.17) is 14.4 Å². The maximum atomic E-state index is 9.02. The van der Waals surface area contributed by atoms with E-state index in [9.17, 15) is 0 Å². The third kappa shape index (κ3) is 3.11. The molecule has 0 bridgehead atoms. The molecule has 0 N–H and O–H groups in total. The van der Waals surface area contributed by atoms with Crippen LogP contribution in [-0.4, -0.2) is 33.4 Å². The summed E-state index contributed by atoms with van der Waals surface area (Å²) in [6.07, 6.45) is -0.0561. The number of nitriles is 1. The third-order valence-corrected chi connectivity index (χ3v) is 13.2. The molecule has 1 aromatic carbocycles. The monoisotopic (exact) mass is 411 g/mol. The van der Waals surface area contributed by atoms with Crippen LogP contribution in [0.15, 0.2) is 24.3 Å². The molecule has 132 valence electrons. The van der Waals surface area contributed by atoms with Crippen molar-refractivity contribution >= 4 is 23.3 Å². The molecule has 5 heteroatoms. The van der Waals surface area contributed by atoms with Crippen LogP contribution >= 0.6 is 0 Å². The summed E-state index contributed by atoms with van der Waals surface area (Å²) in [5.74, 6) is 2.25. The first-order valence-electron chi connectivity index (χ1n) is 8.33. The first-order valence-corrected chi connectivity index (χ1v) is 13.8. The molecule has 1 fully saturated rings. The van der Waals surface area contributed by atoms with Crippen molar-refractivity contribution in [1.29, 1.82) is 5.26 Å². The van der Waals surface area contributed by atoms with Gasteiger partial charge in [0.05, 0.1) is 0 Å². The summed E-state index contributed by atoms with van der Waals surface area (Å²) in [7, 11) is -1.93. The molecule has 1 aliphatic heterocycles. The molecule has 0 aromatic heterocycles. The second-order valence-electron chi connectivity index (χ2n) is 8.48. The summed E-state index contributed by atoms with van der Waals surface area (Å²) in [5, 5.41) is 9.17. The molecule has 0 radical (unpaired) electrons. The van der Waals surface area contributed by atoms with Gasteiger partial charge in [0.2, 0.25) is 0 Å². The zero-order chi connectivity index (χ0) is 18.4. The summed E-state index contributed by atoms with van der Waals surface area (Å²) >= 11 is 0.267. The Kier molecular flexibility index (Phi) is 5.14. The van der Waals surface area contributed by atoms with Gasteiger partial charge in [-0.05, 0) is 0 Å². The van der Waals surface area contributed by atoms with Crippen LogP contribution in [0.4, 0.5) is 0 Å². The summed E-state index contributed by atoms with van der Waals surface area (Å²) in [6.45, 7) is 15.7. The van der Waals surface area contributed by atoms with E-state index >= 15 is 0 Å². The second kappa shape index (κ2) is 6.27. The number of rotatable bonds is 4. The summed E-state index contributed by atoms with van der Waals surface area (Å²) in [4.78, 5) is 0. The van der Waals surface area contributed by atoms with Gasteiger partial charge in [-0.3, -0.25) is 0 Å². The molecule has 1 aromatic rings. The Morgan fingerprint density at radius 3 is 2.12 bits per heavy atom. The van der Waals surface area contributed by atoms with Crippen LogP contribution in [0.1, 0.15) is 51.8 Å². The molecule has 3 nitrogen and oxygen atoms in total. The Morgan fingerprint density at radius 2 is 1.75 bits per heavy atom. The molecule has 2 rings (SSSR count). The summed E-state index contributed by atoms with van der Waals surface area (Å²) < 4.78 is 13.0. The minimum absolute atomic E-state index is 0.0561. The van der Waals surface area contributed by atoms with E-state index in [2.05, 4.69) is 59.6 Å². The fraction of sp³-hybridized carbons (Fsp3) is 0.632. The van der Waals surface area contributed by atoms with E-state index in [-0.39, 0.29) is 36.2 Å². The van der Waals surface area contributed by atoms with Gasteiger partial charge in [-0.2, -0.15) is 0 Å². The van der Waals surface area contributed by atoms with Crippen molar-refractivity contribution in [1.82, 2.24) is 0 Å². The molecule has 0 saturated carbocycles. The number of hydrogen-bond donors (Lipinski definition) is 0. The average Bonchev–Trinajstić information content (AvgIpc) is 2.49. The maximum absolute atomic E-state index is 9.02. The Morgan fingerprint density at radius 1 is 1.21 bits per heavy atom. The van der Waals surface area contributed by atoms with E-state index in [1.165, 1.54) is 0 Å². The van der Waals surface area contributed by atoms with E-state index in [0.29, 0.717) is 5.56 Å². The third-order valence-electron chi connectivity index (χ3n) is 5.46. The molecule has 24 heavy (non-hydrogen) atoms. The molecule has 1 heterocycles. The van der Waals surface area contributed by atoms with Crippen molar-refractivity contribution in [2.24, 2.45) is 0 Å². The Bertz CT molecular complexity index is 643. The van der Waals surface area contributed by atoms with Crippen molar-refractivity contribution < 1.29 is 9.16 Å². The van der Waals surface area contributed by atoms with Crippen molar-refractivity contribution in [3.63, 3.8) is 0 Å². The molecule has 0 amide bonds. The Balaban J connectivity index is 2.41. The van der Waals surface area contributed by atoms with Gasteiger partial charge in [0.15, 0.2) is 0 Å². The summed E-state index contributed by atoms with van der Waals surface area (Å²) in [6, 6.07) is 9.92. The first-order chi connectivity index (χ1) is 10.9. The zero-order valence-electron chi connectivity index (χ0n) is 16.1. The zero-order valence-corrected chi connectivity index (χ0v) is 18.8. The molecule has 2 atom stereocenters. The molecule has 0 unspecified atom stereocenters. The van der Waals surface area contributed by atoms with Gasteiger partial charge < -0.3 is 0 Å². The van der Waals surface area contributed by atoms with E-state index in [1.807, 2.05) is 24.3 Å². The molecule has 1 aliphatic rings. The predicted octanol–water partition coefficient (Wildman–Crippen LogP) is 4.88. The summed E-state index contributed by atoms with van der Waals surface area (Å²) in [5.41, 5.74) is 1.49.